The molecular formula is C19H30N4O2. The minimum atomic E-state index is -0.0400. The van der Waals surface area contributed by atoms with Crippen molar-refractivity contribution in [2.45, 2.75) is 32.2 Å². The van der Waals surface area contributed by atoms with E-state index in [1.165, 1.54) is 12.8 Å². The van der Waals surface area contributed by atoms with Crippen molar-refractivity contribution in [2.24, 2.45) is 0 Å². The Morgan fingerprint density at radius 3 is 2.44 bits per heavy atom. The molecule has 1 aromatic carbocycles. The first-order chi connectivity index (χ1) is 12.2. The summed E-state index contributed by atoms with van der Waals surface area (Å²) in [7, 11) is 1.88. The van der Waals surface area contributed by atoms with Crippen LogP contribution in [-0.2, 0) is 11.3 Å². The summed E-state index contributed by atoms with van der Waals surface area (Å²) in [6.07, 6.45) is 3.89. The smallest absolute Gasteiger partial charge is 0.251 e. The molecule has 138 valence electrons. The van der Waals surface area contributed by atoms with Crippen LogP contribution in [0.15, 0.2) is 24.3 Å². The van der Waals surface area contributed by atoms with Crippen molar-refractivity contribution in [3.8, 4) is 0 Å². The summed E-state index contributed by atoms with van der Waals surface area (Å²) >= 11 is 0. The first-order valence-corrected chi connectivity index (χ1v) is 9.20. The van der Waals surface area contributed by atoms with Gasteiger partial charge < -0.3 is 20.9 Å². The van der Waals surface area contributed by atoms with E-state index in [4.69, 9.17) is 0 Å². The van der Waals surface area contributed by atoms with Crippen molar-refractivity contribution in [1.29, 1.82) is 0 Å². The summed E-state index contributed by atoms with van der Waals surface area (Å²) in [5, 5.41) is 8.89. The van der Waals surface area contributed by atoms with Crippen molar-refractivity contribution >= 4 is 11.8 Å². The molecule has 1 heterocycles. The minimum Gasteiger partial charge on any atom is -0.352 e. The van der Waals surface area contributed by atoms with Gasteiger partial charge in [-0.1, -0.05) is 12.1 Å². The van der Waals surface area contributed by atoms with E-state index in [1.54, 1.807) is 0 Å². The lowest BCUT2D eigenvalue weighted by atomic mass is 10.1. The monoisotopic (exact) mass is 346 g/mol. The van der Waals surface area contributed by atoms with E-state index < -0.39 is 0 Å². The van der Waals surface area contributed by atoms with E-state index in [0.29, 0.717) is 25.1 Å². The second kappa shape index (κ2) is 10.8. The molecule has 0 atom stereocenters. The van der Waals surface area contributed by atoms with Crippen LogP contribution in [0.3, 0.4) is 0 Å². The molecule has 1 fully saturated rings. The number of carbonyl (C=O) groups is 2. The zero-order valence-electron chi connectivity index (χ0n) is 15.1. The van der Waals surface area contributed by atoms with E-state index in [9.17, 15) is 9.59 Å². The molecule has 0 aliphatic carbocycles. The number of hydrogen-bond donors (Lipinski definition) is 3. The zero-order chi connectivity index (χ0) is 17.9. The molecule has 25 heavy (non-hydrogen) atoms. The van der Waals surface area contributed by atoms with Gasteiger partial charge in [0.15, 0.2) is 0 Å². The third kappa shape index (κ3) is 7.23. The molecule has 2 amide bonds. The lowest BCUT2D eigenvalue weighted by Gasteiger charge is -2.14. The van der Waals surface area contributed by atoms with Crippen LogP contribution >= 0.6 is 0 Å². The van der Waals surface area contributed by atoms with Gasteiger partial charge in [-0.3, -0.25) is 9.59 Å². The topological polar surface area (TPSA) is 73.5 Å². The quantitative estimate of drug-likeness (QED) is 0.555. The molecule has 0 unspecified atom stereocenters. The fraction of sp³-hybridized carbons (Fsp3) is 0.579. The van der Waals surface area contributed by atoms with Crippen LogP contribution in [0.1, 0.15) is 41.6 Å². The summed E-state index contributed by atoms with van der Waals surface area (Å²) in [6, 6.07) is 7.41. The third-order valence-corrected chi connectivity index (χ3v) is 4.45. The Hall–Kier alpha value is -1.92. The van der Waals surface area contributed by atoms with Gasteiger partial charge in [0.05, 0.1) is 0 Å². The number of nitrogens with one attached hydrogen (secondary N) is 3. The van der Waals surface area contributed by atoms with Crippen molar-refractivity contribution in [3.05, 3.63) is 35.4 Å². The van der Waals surface area contributed by atoms with Gasteiger partial charge in [0.25, 0.3) is 5.91 Å². The third-order valence-electron chi connectivity index (χ3n) is 4.45. The molecule has 0 radical (unpaired) electrons. The maximum atomic E-state index is 12.1. The molecule has 1 aliphatic rings. The highest BCUT2D eigenvalue weighted by Crippen LogP contribution is 2.07. The largest absolute Gasteiger partial charge is 0.352 e. The van der Waals surface area contributed by atoms with E-state index in [0.717, 1.165) is 38.2 Å². The lowest BCUT2D eigenvalue weighted by molar-refractivity contribution is -0.121. The molecule has 3 N–H and O–H groups in total. The molecule has 1 saturated heterocycles. The van der Waals surface area contributed by atoms with Gasteiger partial charge in [0.1, 0.15) is 0 Å². The number of likely N-dealkylation sites (tertiary alicyclic amines) is 1. The van der Waals surface area contributed by atoms with Gasteiger partial charge >= 0.3 is 0 Å². The molecule has 0 saturated carbocycles. The van der Waals surface area contributed by atoms with Crippen LogP contribution in [-0.4, -0.2) is 56.5 Å². The van der Waals surface area contributed by atoms with E-state index in [-0.39, 0.29) is 11.8 Å². The Balaban J connectivity index is 1.67. The molecule has 1 aromatic rings. The Labute approximate surface area is 150 Å². The number of rotatable bonds is 10. The summed E-state index contributed by atoms with van der Waals surface area (Å²) in [6.45, 7) is 5.23. The van der Waals surface area contributed by atoms with Crippen molar-refractivity contribution in [2.75, 3.05) is 39.8 Å². The number of benzene rings is 1. The summed E-state index contributed by atoms with van der Waals surface area (Å²) < 4.78 is 0. The van der Waals surface area contributed by atoms with Gasteiger partial charge in [-0.25, -0.2) is 0 Å². The average Bonchev–Trinajstić information content (AvgIpc) is 3.14. The van der Waals surface area contributed by atoms with E-state index in [2.05, 4.69) is 20.9 Å². The normalized spacial score (nSPS) is 14.4. The Bertz CT molecular complexity index is 539. The molecule has 6 heteroatoms. The first-order valence-electron chi connectivity index (χ1n) is 9.20. The van der Waals surface area contributed by atoms with Gasteiger partial charge in [0, 0.05) is 31.6 Å². The van der Waals surface area contributed by atoms with Gasteiger partial charge in [-0.2, -0.15) is 0 Å². The first kappa shape index (κ1) is 19.4. The standard InChI is InChI=1S/C19H30N4O2/c1-20-10-4-5-18(24)22-15-16-6-8-17(9-7-16)19(25)21-11-14-23-12-2-3-13-23/h6-9,20H,2-5,10-15H2,1H3,(H,21,25)(H,22,24). The lowest BCUT2D eigenvalue weighted by Crippen LogP contribution is -2.33. The molecule has 2 rings (SSSR count). The van der Waals surface area contributed by atoms with Crippen LogP contribution in [0.2, 0.25) is 0 Å². The van der Waals surface area contributed by atoms with Crippen LogP contribution in [0.4, 0.5) is 0 Å². The zero-order valence-corrected chi connectivity index (χ0v) is 15.1. The highest BCUT2D eigenvalue weighted by atomic mass is 16.2. The highest BCUT2D eigenvalue weighted by Gasteiger charge is 2.11. The molecule has 1 aliphatic heterocycles. The van der Waals surface area contributed by atoms with Crippen LogP contribution in [0.5, 0.6) is 0 Å². The maximum Gasteiger partial charge on any atom is 0.251 e. The predicted molar refractivity (Wildman–Crippen MR) is 99.5 cm³/mol. The van der Waals surface area contributed by atoms with Crippen molar-refractivity contribution in [3.63, 3.8) is 0 Å². The molecule has 0 spiro atoms. The Morgan fingerprint density at radius 2 is 1.76 bits per heavy atom. The summed E-state index contributed by atoms with van der Waals surface area (Å²) in [4.78, 5) is 26.2. The van der Waals surface area contributed by atoms with E-state index >= 15 is 0 Å². The van der Waals surface area contributed by atoms with E-state index in [1.807, 2.05) is 31.3 Å². The van der Waals surface area contributed by atoms with Gasteiger partial charge in [0.2, 0.25) is 5.91 Å². The minimum absolute atomic E-state index is 0.0400. The van der Waals surface area contributed by atoms with Crippen LogP contribution < -0.4 is 16.0 Å². The fourth-order valence-corrected chi connectivity index (χ4v) is 2.92. The number of carbonyl (C=O) groups excluding carboxylic acids is 2. The van der Waals surface area contributed by atoms with Crippen molar-refractivity contribution < 1.29 is 9.59 Å². The maximum absolute atomic E-state index is 12.1. The molecule has 0 aromatic heterocycles. The van der Waals surface area contributed by atoms with Gasteiger partial charge in [-0.15, -0.1) is 0 Å². The number of nitrogens with zero attached hydrogens (tertiary/aromatic N) is 1. The van der Waals surface area contributed by atoms with Crippen LogP contribution in [0, 0.1) is 0 Å². The second-order valence-corrected chi connectivity index (χ2v) is 6.49. The fourth-order valence-electron chi connectivity index (χ4n) is 2.92. The summed E-state index contributed by atoms with van der Waals surface area (Å²) in [5.74, 6) is 0.0147. The van der Waals surface area contributed by atoms with Crippen molar-refractivity contribution in [1.82, 2.24) is 20.9 Å². The molecule has 6 nitrogen and oxygen atoms in total. The summed E-state index contributed by atoms with van der Waals surface area (Å²) in [5.41, 5.74) is 1.65. The number of hydrogen-bond acceptors (Lipinski definition) is 4. The second-order valence-electron chi connectivity index (χ2n) is 6.49. The Kier molecular flexibility index (Phi) is 8.42. The number of amides is 2. The van der Waals surface area contributed by atoms with Gasteiger partial charge in [-0.05, 0) is 63.6 Å². The predicted octanol–water partition coefficient (Wildman–Crippen LogP) is 1.13. The highest BCUT2D eigenvalue weighted by molar-refractivity contribution is 5.94. The average molecular weight is 346 g/mol. The molecular weight excluding hydrogens is 316 g/mol. The SMILES string of the molecule is CNCCCC(=O)NCc1ccc(C(=O)NCCN2CCCC2)cc1. The van der Waals surface area contributed by atoms with Crippen LogP contribution in [0.25, 0.3) is 0 Å². The molecule has 0 bridgehead atoms. The Morgan fingerprint density at radius 1 is 1.04 bits per heavy atom.